The highest BCUT2D eigenvalue weighted by Crippen LogP contribution is 2.37. The zero-order valence-corrected chi connectivity index (χ0v) is 21.7. The summed E-state index contributed by atoms with van der Waals surface area (Å²) in [6.45, 7) is 8.15. The van der Waals surface area contributed by atoms with Crippen molar-refractivity contribution in [1.29, 1.82) is 0 Å². The lowest BCUT2D eigenvalue weighted by Gasteiger charge is -2.44. The van der Waals surface area contributed by atoms with Gasteiger partial charge >= 0.3 is 0 Å². The van der Waals surface area contributed by atoms with E-state index in [1.165, 1.54) is 16.7 Å². The monoisotopic (exact) mass is 486 g/mol. The fourth-order valence-corrected chi connectivity index (χ4v) is 10.0. The van der Waals surface area contributed by atoms with Gasteiger partial charge in [-0.15, -0.1) is 0 Å². The van der Waals surface area contributed by atoms with E-state index in [4.69, 9.17) is 14.9 Å². The van der Waals surface area contributed by atoms with E-state index in [2.05, 4.69) is 97.6 Å². The molecule has 6 nitrogen and oxygen atoms in total. The molecule has 2 aromatic heterocycles. The van der Waals surface area contributed by atoms with Gasteiger partial charge < -0.3 is 14.9 Å². The van der Waals surface area contributed by atoms with Crippen LogP contribution in [0.3, 0.4) is 0 Å². The van der Waals surface area contributed by atoms with Crippen LogP contribution in [0.5, 0.6) is 0 Å². The number of nitrogens with zero attached hydrogens (tertiary/aromatic N) is 3. The quantitative estimate of drug-likeness (QED) is 0.415. The minimum Gasteiger partial charge on any atom is -0.405 e. The maximum Gasteiger partial charge on any atom is 0.261 e. The van der Waals surface area contributed by atoms with Crippen molar-refractivity contribution in [3.63, 3.8) is 0 Å². The number of hydrogen-bond acceptors (Lipinski definition) is 5. The van der Waals surface area contributed by atoms with Crippen molar-refractivity contribution >= 4 is 30.0 Å². The molecule has 3 heterocycles. The maximum absolute atomic E-state index is 7.09. The third-order valence-corrected chi connectivity index (χ3v) is 12.2. The lowest BCUT2D eigenvalue weighted by molar-refractivity contribution is -0.0240. The molecule has 2 N–H and O–H groups in total. The summed E-state index contributed by atoms with van der Waals surface area (Å²) >= 11 is 0. The molecule has 1 aliphatic rings. The highest BCUT2D eigenvalue weighted by molar-refractivity contribution is 6.99. The summed E-state index contributed by atoms with van der Waals surface area (Å²) in [6, 6.07) is 25.6. The van der Waals surface area contributed by atoms with E-state index in [0.717, 1.165) is 24.1 Å². The van der Waals surface area contributed by atoms with E-state index in [1.54, 1.807) is 0 Å². The number of benzene rings is 2. The van der Waals surface area contributed by atoms with Gasteiger partial charge in [-0.3, -0.25) is 0 Å². The van der Waals surface area contributed by atoms with Crippen molar-refractivity contribution in [2.75, 3.05) is 18.9 Å². The fraction of sp³-hybridized carbons (Fsp3) is 0.357. The van der Waals surface area contributed by atoms with E-state index in [1.807, 2.05) is 10.6 Å². The zero-order chi connectivity index (χ0) is 24.5. The summed E-state index contributed by atoms with van der Waals surface area (Å²) in [6.07, 6.45) is 3.54. The van der Waals surface area contributed by atoms with Crippen molar-refractivity contribution in [1.82, 2.24) is 14.6 Å². The molecule has 0 saturated carbocycles. The molecule has 5 rings (SSSR count). The highest BCUT2D eigenvalue weighted by Gasteiger charge is 2.50. The number of fused-ring (bicyclic) bond motifs is 1. The molecular weight excluding hydrogens is 452 g/mol. The Bertz CT molecular complexity index is 1220. The zero-order valence-electron chi connectivity index (χ0n) is 20.7. The van der Waals surface area contributed by atoms with E-state index < -0.39 is 8.32 Å². The minimum atomic E-state index is -2.56. The van der Waals surface area contributed by atoms with Crippen molar-refractivity contribution < 1.29 is 9.16 Å². The van der Waals surface area contributed by atoms with Crippen molar-refractivity contribution in [3.05, 3.63) is 84.8 Å². The van der Waals surface area contributed by atoms with Gasteiger partial charge in [-0.2, -0.15) is 5.10 Å². The number of aromatic nitrogens is 3. The molecule has 1 fully saturated rings. The Morgan fingerprint density at radius 1 is 0.971 bits per heavy atom. The Labute approximate surface area is 208 Å². The summed E-state index contributed by atoms with van der Waals surface area (Å²) < 4.78 is 15.4. The van der Waals surface area contributed by atoms with Gasteiger partial charge in [0.15, 0.2) is 5.82 Å². The smallest absolute Gasteiger partial charge is 0.261 e. The molecule has 35 heavy (non-hydrogen) atoms. The van der Waals surface area contributed by atoms with Gasteiger partial charge in [-0.05, 0) is 40.4 Å². The lowest BCUT2D eigenvalue weighted by atomic mass is 9.96. The number of nitrogens with two attached hydrogens (primary N) is 1. The third kappa shape index (κ3) is 4.40. The molecule has 2 unspecified atom stereocenters. The molecule has 0 radical (unpaired) electrons. The Kier molecular flexibility index (Phi) is 6.48. The van der Waals surface area contributed by atoms with Crippen molar-refractivity contribution in [2.24, 2.45) is 0 Å². The second-order valence-corrected chi connectivity index (χ2v) is 14.7. The summed E-state index contributed by atoms with van der Waals surface area (Å²) in [5, 5.41) is 6.96. The first kappa shape index (κ1) is 23.7. The van der Waals surface area contributed by atoms with Crippen LogP contribution in [0.4, 0.5) is 5.82 Å². The summed E-state index contributed by atoms with van der Waals surface area (Å²) in [7, 11) is -2.56. The van der Waals surface area contributed by atoms with E-state index in [9.17, 15) is 0 Å². The number of hydrogen-bond donors (Lipinski definition) is 1. The predicted octanol–water partition coefficient (Wildman–Crippen LogP) is 4.15. The molecule has 7 heteroatoms. The second kappa shape index (κ2) is 9.57. The Morgan fingerprint density at radius 2 is 1.63 bits per heavy atom. The molecule has 0 amide bonds. The predicted molar refractivity (Wildman–Crippen MR) is 143 cm³/mol. The topological polar surface area (TPSA) is 74.7 Å². The van der Waals surface area contributed by atoms with E-state index in [-0.39, 0.29) is 17.1 Å². The van der Waals surface area contributed by atoms with Crippen LogP contribution < -0.4 is 16.1 Å². The molecule has 0 spiro atoms. The van der Waals surface area contributed by atoms with Crippen molar-refractivity contribution in [2.45, 2.75) is 50.7 Å². The Balaban J connectivity index is 1.35. The average Bonchev–Trinajstić information content (AvgIpc) is 3.31. The molecule has 2 aromatic carbocycles. The van der Waals surface area contributed by atoms with Crippen LogP contribution >= 0.6 is 0 Å². The first-order valence-electron chi connectivity index (χ1n) is 12.3. The first-order valence-corrected chi connectivity index (χ1v) is 14.3. The van der Waals surface area contributed by atoms with Crippen LogP contribution in [-0.4, -0.2) is 42.2 Å². The van der Waals surface area contributed by atoms with Gasteiger partial charge in [0.05, 0.1) is 19.3 Å². The molecule has 2 atom stereocenters. The van der Waals surface area contributed by atoms with E-state index >= 15 is 0 Å². The van der Waals surface area contributed by atoms with Gasteiger partial charge in [-0.1, -0.05) is 81.4 Å². The van der Waals surface area contributed by atoms with Gasteiger partial charge in [0.2, 0.25) is 0 Å². The molecule has 182 valence electrons. The number of rotatable bonds is 6. The van der Waals surface area contributed by atoms with Gasteiger partial charge in [0.1, 0.15) is 11.8 Å². The average molecular weight is 487 g/mol. The van der Waals surface area contributed by atoms with Crippen LogP contribution in [0, 0.1) is 0 Å². The van der Waals surface area contributed by atoms with Crippen LogP contribution in [0.1, 0.15) is 45.2 Å². The van der Waals surface area contributed by atoms with E-state index in [0.29, 0.717) is 19.0 Å². The van der Waals surface area contributed by atoms with Gasteiger partial charge in [-0.25, -0.2) is 9.50 Å². The normalized spacial score (nSPS) is 19.2. The minimum absolute atomic E-state index is 0.0443. The largest absolute Gasteiger partial charge is 0.405 e. The first-order chi connectivity index (χ1) is 16.9. The van der Waals surface area contributed by atoms with Crippen LogP contribution in [0.25, 0.3) is 5.52 Å². The number of ether oxygens (including phenoxy) is 1. The molecule has 0 aliphatic carbocycles. The Hall–Kier alpha value is -3.00. The molecular formula is C28H34N4O2Si. The van der Waals surface area contributed by atoms with Gasteiger partial charge in [0, 0.05) is 11.6 Å². The molecule has 1 saturated heterocycles. The summed E-state index contributed by atoms with van der Waals surface area (Å²) in [5.41, 5.74) is 7.99. The Morgan fingerprint density at radius 3 is 2.20 bits per heavy atom. The highest BCUT2D eigenvalue weighted by atomic mass is 28.4. The van der Waals surface area contributed by atoms with Crippen LogP contribution in [0.15, 0.2) is 79.1 Å². The molecule has 1 aliphatic heterocycles. The van der Waals surface area contributed by atoms with Crippen LogP contribution in [-0.2, 0) is 9.16 Å². The second-order valence-electron chi connectivity index (χ2n) is 10.4. The maximum atomic E-state index is 7.09. The summed E-state index contributed by atoms with van der Waals surface area (Å²) in [5.74, 6) is 0.774. The third-order valence-electron chi connectivity index (χ3n) is 7.20. The summed E-state index contributed by atoms with van der Waals surface area (Å²) in [4.78, 5) is 4.10. The van der Waals surface area contributed by atoms with Gasteiger partial charge in [0.25, 0.3) is 8.32 Å². The fourth-order valence-electron chi connectivity index (χ4n) is 5.43. The standard InChI is InChI=1S/C28H34N4O2Si/c1-28(2,3)35(23-10-6-4-7-11-23,24-12-8-5-9-13-24)34-19-22-15-14-21(18-33-22)25-16-17-26-27(29)30-20-31-32(25)26/h4-13,16-17,20-22H,14-15,18-19H2,1-3H3,(H2,29,30,31). The van der Waals surface area contributed by atoms with Crippen LogP contribution in [0.2, 0.25) is 5.04 Å². The number of nitrogen functional groups attached to an aromatic ring is 1. The number of anilines is 1. The molecule has 0 bridgehead atoms. The SMILES string of the molecule is CC(C)(C)[Si](OCC1CCC(c2ccc3c(N)ncnn23)CO1)(c1ccccc1)c1ccccc1. The van der Waals surface area contributed by atoms with Crippen molar-refractivity contribution in [3.8, 4) is 0 Å². The lowest BCUT2D eigenvalue weighted by Crippen LogP contribution is -2.67. The molecule has 4 aromatic rings.